The molecule has 0 spiro atoms. The predicted octanol–water partition coefficient (Wildman–Crippen LogP) is 0.179. The Balaban J connectivity index is 1.61. The van der Waals surface area contributed by atoms with E-state index in [-0.39, 0.29) is 6.10 Å². The summed E-state index contributed by atoms with van der Waals surface area (Å²) < 4.78 is 6.94. The predicted molar refractivity (Wildman–Crippen MR) is 102 cm³/mol. The zero-order valence-corrected chi connectivity index (χ0v) is 15.8. The summed E-state index contributed by atoms with van der Waals surface area (Å²) in [6, 6.07) is 0. The van der Waals surface area contributed by atoms with Gasteiger partial charge in [-0.3, -0.25) is 4.68 Å². The number of amides is 1. The van der Waals surface area contributed by atoms with Crippen LogP contribution in [-0.4, -0.2) is 83.2 Å². The average molecular weight is 374 g/mol. The second-order valence-electron chi connectivity index (χ2n) is 7.27. The number of carbonyl (C=O) groups excluding carboxylic acids is 1. The van der Waals surface area contributed by atoms with Gasteiger partial charge in [0.2, 0.25) is 5.95 Å². The minimum Gasteiger partial charge on any atom is -0.446 e. The van der Waals surface area contributed by atoms with Gasteiger partial charge in [0.05, 0.1) is 11.6 Å². The third-order valence-corrected chi connectivity index (χ3v) is 5.37. The Morgan fingerprint density at radius 2 is 1.78 bits per heavy atom. The highest BCUT2D eigenvalue weighted by Crippen LogP contribution is 2.29. The van der Waals surface area contributed by atoms with Crippen LogP contribution in [0.1, 0.15) is 12.8 Å². The fourth-order valence-corrected chi connectivity index (χ4v) is 3.73. The molecule has 4 rings (SSSR count). The molecule has 2 aromatic heterocycles. The van der Waals surface area contributed by atoms with Crippen molar-refractivity contribution in [1.82, 2.24) is 24.6 Å². The number of ether oxygens (including phenoxy) is 1. The quantitative estimate of drug-likeness (QED) is 0.811. The molecule has 0 aliphatic carbocycles. The van der Waals surface area contributed by atoms with E-state index in [2.05, 4.69) is 26.8 Å². The van der Waals surface area contributed by atoms with Gasteiger partial charge in [0.25, 0.3) is 0 Å². The first-order valence-electron chi connectivity index (χ1n) is 9.35. The van der Waals surface area contributed by atoms with Crippen molar-refractivity contribution in [3.63, 3.8) is 0 Å². The van der Waals surface area contributed by atoms with Gasteiger partial charge in [-0.25, -0.2) is 4.79 Å². The fourth-order valence-electron chi connectivity index (χ4n) is 3.73. The maximum Gasteiger partial charge on any atom is 0.404 e. The van der Waals surface area contributed by atoms with E-state index in [1.54, 1.807) is 4.68 Å². The first-order valence-corrected chi connectivity index (χ1v) is 9.35. The van der Waals surface area contributed by atoms with Crippen LogP contribution in [0.2, 0.25) is 0 Å². The molecule has 0 saturated carbocycles. The van der Waals surface area contributed by atoms with Gasteiger partial charge in [-0.1, -0.05) is 0 Å². The highest BCUT2D eigenvalue weighted by Gasteiger charge is 2.26. The summed E-state index contributed by atoms with van der Waals surface area (Å²) in [5.41, 5.74) is 5.98. The molecule has 0 bridgehead atoms. The van der Waals surface area contributed by atoms with Crippen molar-refractivity contribution in [3.05, 3.63) is 6.20 Å². The lowest BCUT2D eigenvalue weighted by molar-refractivity contribution is 0.0912. The molecular formula is C17H26N8O2. The van der Waals surface area contributed by atoms with E-state index in [0.717, 1.165) is 74.9 Å². The van der Waals surface area contributed by atoms with Crippen LogP contribution < -0.4 is 15.5 Å². The van der Waals surface area contributed by atoms with E-state index in [1.807, 2.05) is 13.2 Å². The summed E-state index contributed by atoms with van der Waals surface area (Å²) >= 11 is 0. The molecule has 10 heteroatoms. The molecule has 10 nitrogen and oxygen atoms in total. The monoisotopic (exact) mass is 374 g/mol. The number of fused-ring (bicyclic) bond motifs is 1. The molecule has 1 amide bonds. The SMILES string of the molecule is CN1CCN(c2nc(N3CCC(OC(N)=O)CC3)c3cnn(C)c3n2)CC1. The van der Waals surface area contributed by atoms with Gasteiger partial charge in [-0.2, -0.15) is 15.1 Å². The largest absolute Gasteiger partial charge is 0.446 e. The molecule has 0 unspecified atom stereocenters. The van der Waals surface area contributed by atoms with Gasteiger partial charge in [0.15, 0.2) is 5.65 Å². The maximum atomic E-state index is 11.0. The maximum absolute atomic E-state index is 11.0. The number of piperazine rings is 1. The summed E-state index contributed by atoms with van der Waals surface area (Å²) in [5.74, 6) is 1.66. The van der Waals surface area contributed by atoms with Crippen molar-refractivity contribution >= 4 is 28.9 Å². The first-order chi connectivity index (χ1) is 13.0. The molecule has 0 aromatic carbocycles. The van der Waals surface area contributed by atoms with Crippen LogP contribution in [0.3, 0.4) is 0 Å². The van der Waals surface area contributed by atoms with Gasteiger partial charge in [0.1, 0.15) is 11.9 Å². The number of hydrogen-bond acceptors (Lipinski definition) is 8. The van der Waals surface area contributed by atoms with Crippen molar-refractivity contribution in [2.45, 2.75) is 18.9 Å². The number of nitrogens with two attached hydrogens (primary N) is 1. The van der Waals surface area contributed by atoms with Crippen molar-refractivity contribution < 1.29 is 9.53 Å². The average Bonchev–Trinajstić information content (AvgIpc) is 3.03. The fraction of sp³-hybridized carbons (Fsp3) is 0.647. The van der Waals surface area contributed by atoms with Gasteiger partial charge in [-0.05, 0) is 7.05 Å². The van der Waals surface area contributed by atoms with Crippen LogP contribution in [-0.2, 0) is 11.8 Å². The zero-order valence-electron chi connectivity index (χ0n) is 15.8. The van der Waals surface area contributed by atoms with Crippen molar-refractivity contribution in [2.24, 2.45) is 12.8 Å². The van der Waals surface area contributed by atoms with Crippen LogP contribution in [0.5, 0.6) is 0 Å². The van der Waals surface area contributed by atoms with E-state index in [4.69, 9.17) is 20.4 Å². The Bertz CT molecular complexity index is 822. The molecule has 0 radical (unpaired) electrons. The third kappa shape index (κ3) is 3.61. The van der Waals surface area contributed by atoms with E-state index in [0.29, 0.717) is 0 Å². The standard InChI is InChI=1S/C17H26N8O2/c1-22-7-9-25(10-8-22)17-20-14-13(11-19-23(14)2)15(21-17)24-5-3-12(4-6-24)27-16(18)26/h11-12H,3-10H2,1-2H3,(H2,18,26). The van der Waals surface area contributed by atoms with Crippen LogP contribution in [0, 0.1) is 0 Å². The molecule has 2 fully saturated rings. The zero-order chi connectivity index (χ0) is 19.0. The summed E-state index contributed by atoms with van der Waals surface area (Å²) in [4.78, 5) is 27.4. The van der Waals surface area contributed by atoms with Crippen LogP contribution in [0.25, 0.3) is 11.0 Å². The third-order valence-electron chi connectivity index (χ3n) is 5.37. The molecule has 27 heavy (non-hydrogen) atoms. The van der Waals surface area contributed by atoms with Crippen LogP contribution >= 0.6 is 0 Å². The number of carbonyl (C=O) groups is 1. The van der Waals surface area contributed by atoms with Crippen molar-refractivity contribution in [1.29, 1.82) is 0 Å². The van der Waals surface area contributed by atoms with Gasteiger partial charge < -0.3 is 25.2 Å². The van der Waals surface area contributed by atoms with E-state index < -0.39 is 6.09 Å². The summed E-state index contributed by atoms with van der Waals surface area (Å²) in [6.45, 7) is 5.32. The van der Waals surface area contributed by atoms with Crippen LogP contribution in [0.15, 0.2) is 6.20 Å². The second-order valence-corrected chi connectivity index (χ2v) is 7.27. The minimum atomic E-state index is -0.706. The molecule has 146 valence electrons. The lowest BCUT2D eigenvalue weighted by Gasteiger charge is -2.35. The van der Waals surface area contributed by atoms with Gasteiger partial charge >= 0.3 is 6.09 Å². The second kappa shape index (κ2) is 7.18. The van der Waals surface area contributed by atoms with Crippen molar-refractivity contribution in [2.75, 3.05) is 56.1 Å². The molecule has 2 aromatic rings. The number of aromatic nitrogens is 4. The number of likely N-dealkylation sites (N-methyl/N-ethyl adjacent to an activating group) is 1. The number of anilines is 2. The van der Waals surface area contributed by atoms with Gasteiger partial charge in [0, 0.05) is 59.2 Å². The number of rotatable bonds is 3. The van der Waals surface area contributed by atoms with E-state index in [9.17, 15) is 4.79 Å². The Kier molecular flexibility index (Phi) is 4.73. The highest BCUT2D eigenvalue weighted by atomic mass is 16.6. The number of piperidine rings is 1. The normalized spacial score (nSPS) is 19.6. The lowest BCUT2D eigenvalue weighted by Crippen LogP contribution is -2.45. The van der Waals surface area contributed by atoms with Crippen LogP contribution in [0.4, 0.5) is 16.6 Å². The number of hydrogen-bond donors (Lipinski definition) is 1. The lowest BCUT2D eigenvalue weighted by atomic mass is 10.1. The smallest absolute Gasteiger partial charge is 0.404 e. The Morgan fingerprint density at radius 3 is 2.44 bits per heavy atom. The molecule has 2 aliphatic heterocycles. The minimum absolute atomic E-state index is 0.123. The Morgan fingerprint density at radius 1 is 1.07 bits per heavy atom. The molecule has 2 saturated heterocycles. The topological polar surface area (TPSA) is 106 Å². The first kappa shape index (κ1) is 17.8. The number of aryl methyl sites for hydroxylation is 1. The molecule has 2 aliphatic rings. The van der Waals surface area contributed by atoms with Crippen molar-refractivity contribution in [3.8, 4) is 0 Å². The summed E-state index contributed by atoms with van der Waals surface area (Å²) in [6.07, 6.45) is 2.46. The Labute approximate surface area is 157 Å². The summed E-state index contributed by atoms with van der Waals surface area (Å²) in [5, 5.41) is 5.33. The molecule has 2 N–H and O–H groups in total. The Hall–Kier alpha value is -2.62. The number of primary amides is 1. The summed E-state index contributed by atoms with van der Waals surface area (Å²) in [7, 11) is 4.03. The van der Waals surface area contributed by atoms with E-state index in [1.165, 1.54) is 0 Å². The molecular weight excluding hydrogens is 348 g/mol. The van der Waals surface area contributed by atoms with E-state index >= 15 is 0 Å². The highest BCUT2D eigenvalue weighted by molar-refractivity contribution is 5.88. The number of nitrogens with zero attached hydrogens (tertiary/aromatic N) is 7. The molecule has 4 heterocycles. The van der Waals surface area contributed by atoms with Gasteiger partial charge in [-0.15, -0.1) is 0 Å². The molecule has 0 atom stereocenters.